The molecule has 0 fully saturated rings. The van der Waals surface area contributed by atoms with Crippen LogP contribution in [0.1, 0.15) is 25.2 Å². The number of aliphatic hydroxyl groups excluding tert-OH is 1. The van der Waals surface area contributed by atoms with Crippen LogP contribution < -0.4 is 5.32 Å². The maximum Gasteiger partial charge on any atom is 0.139 e. The van der Waals surface area contributed by atoms with Crippen LogP contribution in [0, 0.1) is 0 Å². The zero-order valence-corrected chi connectivity index (χ0v) is 11.1. The van der Waals surface area contributed by atoms with Gasteiger partial charge in [0.15, 0.2) is 0 Å². The first-order chi connectivity index (χ1) is 9.74. The largest absolute Gasteiger partial charge is 0.467 e. The molecule has 0 bridgehead atoms. The Balaban J connectivity index is 1.70. The molecule has 0 aliphatic heterocycles. The number of fused-ring (bicyclic) bond motifs is 1. The molecule has 20 heavy (non-hydrogen) atoms. The van der Waals surface area contributed by atoms with Crippen molar-refractivity contribution < 1.29 is 13.9 Å². The lowest BCUT2D eigenvalue weighted by Crippen LogP contribution is -2.19. The fourth-order valence-corrected chi connectivity index (χ4v) is 2.23. The van der Waals surface area contributed by atoms with Gasteiger partial charge < -0.3 is 19.3 Å². The average molecular weight is 272 g/mol. The van der Waals surface area contributed by atoms with Gasteiger partial charge in [-0.15, -0.1) is 0 Å². The van der Waals surface area contributed by atoms with Gasteiger partial charge in [0.2, 0.25) is 0 Å². The molecule has 2 N–H and O–H groups in total. The van der Waals surface area contributed by atoms with Crippen molar-refractivity contribution in [2.24, 2.45) is 0 Å². The molecule has 0 aliphatic rings. The van der Waals surface area contributed by atoms with Gasteiger partial charge in [0, 0.05) is 18.7 Å². The quantitative estimate of drug-likeness (QED) is 0.745. The minimum Gasteiger partial charge on any atom is -0.467 e. The van der Waals surface area contributed by atoms with E-state index in [-0.39, 0.29) is 6.04 Å². The molecule has 0 aromatic carbocycles. The number of hydrogen-bond donors (Lipinski definition) is 2. The summed E-state index contributed by atoms with van der Waals surface area (Å²) in [7, 11) is 0. The van der Waals surface area contributed by atoms with E-state index < -0.39 is 6.10 Å². The molecule has 3 heterocycles. The second kappa shape index (κ2) is 5.38. The van der Waals surface area contributed by atoms with E-state index in [1.165, 1.54) is 0 Å². The average Bonchev–Trinajstić information content (AvgIpc) is 3.10. The summed E-state index contributed by atoms with van der Waals surface area (Å²) in [5.41, 5.74) is 0.793. The highest BCUT2D eigenvalue weighted by molar-refractivity contribution is 5.87. The van der Waals surface area contributed by atoms with E-state index in [9.17, 15) is 5.11 Å². The van der Waals surface area contributed by atoms with E-state index in [0.29, 0.717) is 12.2 Å². The molecule has 2 atom stereocenters. The van der Waals surface area contributed by atoms with Crippen LogP contribution in [-0.4, -0.2) is 16.1 Å². The van der Waals surface area contributed by atoms with Crippen LogP contribution in [0.25, 0.3) is 11.0 Å². The predicted molar refractivity (Wildman–Crippen MR) is 75.4 cm³/mol. The Morgan fingerprint density at radius 1 is 1.25 bits per heavy atom. The van der Waals surface area contributed by atoms with Crippen molar-refractivity contribution in [2.75, 3.05) is 5.32 Å². The Morgan fingerprint density at radius 3 is 2.95 bits per heavy atom. The van der Waals surface area contributed by atoms with Gasteiger partial charge in [0.1, 0.15) is 23.3 Å². The molecule has 0 unspecified atom stereocenters. The number of nitrogens with one attached hydrogen (secondary N) is 1. The lowest BCUT2D eigenvalue weighted by atomic mass is 10.1. The number of aromatic nitrogens is 1. The van der Waals surface area contributed by atoms with Crippen LogP contribution in [0.5, 0.6) is 0 Å². The van der Waals surface area contributed by atoms with E-state index in [1.807, 2.05) is 19.1 Å². The molecule has 5 nitrogen and oxygen atoms in total. The summed E-state index contributed by atoms with van der Waals surface area (Å²) in [6, 6.07) is 7.28. The van der Waals surface area contributed by atoms with Gasteiger partial charge in [-0.3, -0.25) is 0 Å². The second-order valence-electron chi connectivity index (χ2n) is 4.80. The minimum atomic E-state index is -0.629. The first-order valence-electron chi connectivity index (χ1n) is 6.54. The number of aliphatic hydroxyl groups is 1. The van der Waals surface area contributed by atoms with Crippen molar-refractivity contribution in [3.05, 3.63) is 48.7 Å². The predicted octanol–water partition coefficient (Wildman–Crippen LogP) is 3.34. The smallest absolute Gasteiger partial charge is 0.139 e. The van der Waals surface area contributed by atoms with Crippen LogP contribution in [0.3, 0.4) is 0 Å². The normalized spacial score (nSPS) is 14.3. The summed E-state index contributed by atoms with van der Waals surface area (Å²) in [4.78, 5) is 4.31. The van der Waals surface area contributed by atoms with Crippen molar-refractivity contribution in [3.8, 4) is 0 Å². The molecule has 104 valence electrons. The van der Waals surface area contributed by atoms with Crippen molar-refractivity contribution >= 4 is 16.8 Å². The van der Waals surface area contributed by atoms with Crippen molar-refractivity contribution in [3.63, 3.8) is 0 Å². The highest BCUT2D eigenvalue weighted by Crippen LogP contribution is 2.24. The molecule has 3 aromatic heterocycles. The van der Waals surface area contributed by atoms with Crippen LogP contribution >= 0.6 is 0 Å². The molecule has 3 rings (SSSR count). The molecule has 3 aromatic rings. The van der Waals surface area contributed by atoms with E-state index in [1.54, 1.807) is 30.9 Å². The van der Waals surface area contributed by atoms with Crippen molar-refractivity contribution in [2.45, 2.75) is 25.5 Å². The first kappa shape index (κ1) is 12.7. The standard InChI is InChI=1S/C15H16N2O3/c1-10(9-12(18)14-3-2-7-19-14)17-15-11-5-8-20-13(11)4-6-16-15/h2-8,10,12,18H,9H2,1H3,(H,16,17)/t10-,12+/m1/s1. The fourth-order valence-electron chi connectivity index (χ4n) is 2.23. The molecular weight excluding hydrogens is 256 g/mol. The zero-order valence-electron chi connectivity index (χ0n) is 11.1. The lowest BCUT2D eigenvalue weighted by molar-refractivity contribution is 0.136. The fraction of sp³-hybridized carbons (Fsp3) is 0.267. The molecule has 0 saturated carbocycles. The summed E-state index contributed by atoms with van der Waals surface area (Å²) in [5, 5.41) is 14.3. The number of furan rings is 2. The van der Waals surface area contributed by atoms with Gasteiger partial charge in [0.25, 0.3) is 0 Å². The number of rotatable bonds is 5. The number of nitrogens with zero attached hydrogens (tertiary/aromatic N) is 1. The molecule has 0 saturated heterocycles. The maximum absolute atomic E-state index is 10.1. The Morgan fingerprint density at radius 2 is 2.15 bits per heavy atom. The third kappa shape index (κ3) is 2.53. The molecule has 0 spiro atoms. The minimum absolute atomic E-state index is 0.0445. The molecule has 0 amide bonds. The van der Waals surface area contributed by atoms with Crippen molar-refractivity contribution in [1.29, 1.82) is 0 Å². The monoisotopic (exact) mass is 272 g/mol. The van der Waals surface area contributed by atoms with Crippen LogP contribution in [0.15, 0.2) is 51.8 Å². The van der Waals surface area contributed by atoms with Gasteiger partial charge in [0.05, 0.1) is 17.9 Å². The Bertz CT molecular complexity index is 675. The van der Waals surface area contributed by atoms with Gasteiger partial charge in [-0.2, -0.15) is 0 Å². The van der Waals surface area contributed by atoms with Crippen LogP contribution in [0.2, 0.25) is 0 Å². The summed E-state index contributed by atoms with van der Waals surface area (Å²) >= 11 is 0. The highest BCUT2D eigenvalue weighted by atomic mass is 16.4. The summed E-state index contributed by atoms with van der Waals surface area (Å²) < 4.78 is 10.5. The SMILES string of the molecule is C[C@H](C[C@H](O)c1ccco1)Nc1nccc2occc12. The van der Waals surface area contributed by atoms with E-state index >= 15 is 0 Å². The third-order valence-corrected chi connectivity index (χ3v) is 3.21. The second-order valence-corrected chi connectivity index (χ2v) is 4.80. The summed E-state index contributed by atoms with van der Waals surface area (Å²) in [5.74, 6) is 1.34. The van der Waals surface area contributed by atoms with Gasteiger partial charge in [-0.05, 0) is 31.2 Å². The Kier molecular flexibility index (Phi) is 3.43. The first-order valence-corrected chi connectivity index (χ1v) is 6.54. The Labute approximate surface area is 116 Å². The van der Waals surface area contributed by atoms with E-state index in [4.69, 9.17) is 8.83 Å². The van der Waals surface area contributed by atoms with Gasteiger partial charge >= 0.3 is 0 Å². The molecule has 5 heteroatoms. The van der Waals surface area contributed by atoms with Crippen LogP contribution in [0.4, 0.5) is 5.82 Å². The topological polar surface area (TPSA) is 71.4 Å². The highest BCUT2D eigenvalue weighted by Gasteiger charge is 2.16. The molecule has 0 radical (unpaired) electrons. The van der Waals surface area contributed by atoms with E-state index in [2.05, 4.69) is 10.3 Å². The Hall–Kier alpha value is -2.27. The summed E-state index contributed by atoms with van der Waals surface area (Å²) in [6.45, 7) is 1.99. The molecular formula is C15H16N2O3. The van der Waals surface area contributed by atoms with Gasteiger partial charge in [-0.1, -0.05) is 0 Å². The van der Waals surface area contributed by atoms with E-state index in [0.717, 1.165) is 16.8 Å². The lowest BCUT2D eigenvalue weighted by Gasteiger charge is -2.17. The maximum atomic E-state index is 10.1. The van der Waals surface area contributed by atoms with Crippen LogP contribution in [-0.2, 0) is 0 Å². The number of pyridine rings is 1. The van der Waals surface area contributed by atoms with Crippen molar-refractivity contribution in [1.82, 2.24) is 4.98 Å². The summed E-state index contributed by atoms with van der Waals surface area (Å²) in [6.07, 6.45) is 4.80. The number of hydrogen-bond acceptors (Lipinski definition) is 5. The molecule has 0 aliphatic carbocycles. The number of anilines is 1. The third-order valence-electron chi connectivity index (χ3n) is 3.21. The zero-order chi connectivity index (χ0) is 13.9. The van der Waals surface area contributed by atoms with Gasteiger partial charge in [-0.25, -0.2) is 4.98 Å².